The number of carbonyl (C=O) groups is 2. The first kappa shape index (κ1) is 17.9. The van der Waals surface area contributed by atoms with Crippen LogP contribution in [0, 0.1) is 0 Å². The van der Waals surface area contributed by atoms with Gasteiger partial charge in [-0.05, 0) is 60.9 Å². The molecule has 1 aromatic heterocycles. The van der Waals surface area contributed by atoms with E-state index in [-0.39, 0.29) is 17.9 Å². The number of hydrogen-bond acceptors (Lipinski definition) is 3. The van der Waals surface area contributed by atoms with Crippen molar-refractivity contribution in [3.05, 3.63) is 95.8 Å². The predicted octanol–water partition coefficient (Wildman–Crippen LogP) is 4.31. The average molecular weight is 371 g/mol. The van der Waals surface area contributed by atoms with E-state index in [1.165, 1.54) is 0 Å². The summed E-state index contributed by atoms with van der Waals surface area (Å²) in [6, 6.07) is 20.1. The van der Waals surface area contributed by atoms with Gasteiger partial charge in [0.25, 0.3) is 11.8 Å². The first-order valence-electron chi connectivity index (χ1n) is 9.40. The van der Waals surface area contributed by atoms with Crippen LogP contribution in [0.15, 0.2) is 79.1 Å². The predicted molar refractivity (Wildman–Crippen MR) is 108 cm³/mol. The quantitative estimate of drug-likeness (QED) is 0.743. The summed E-state index contributed by atoms with van der Waals surface area (Å²) in [5.74, 6) is -0.164. The third-order valence-electron chi connectivity index (χ3n) is 5.01. The minimum Gasteiger partial charge on any atom is -0.332 e. The maximum atomic E-state index is 13.0. The van der Waals surface area contributed by atoms with E-state index in [1.807, 2.05) is 41.4 Å². The van der Waals surface area contributed by atoms with Gasteiger partial charge in [0.15, 0.2) is 0 Å². The molecule has 0 bridgehead atoms. The Kier molecular flexibility index (Phi) is 5.15. The molecule has 5 heteroatoms. The molecule has 140 valence electrons. The fourth-order valence-corrected chi connectivity index (χ4v) is 3.58. The number of likely N-dealkylation sites (tertiary alicyclic amines) is 1. The fourth-order valence-electron chi connectivity index (χ4n) is 3.58. The Morgan fingerprint density at radius 3 is 2.43 bits per heavy atom. The Morgan fingerprint density at radius 2 is 1.71 bits per heavy atom. The van der Waals surface area contributed by atoms with E-state index in [2.05, 4.69) is 10.3 Å². The van der Waals surface area contributed by atoms with Gasteiger partial charge >= 0.3 is 0 Å². The van der Waals surface area contributed by atoms with Crippen molar-refractivity contribution in [3.63, 3.8) is 0 Å². The van der Waals surface area contributed by atoms with E-state index in [0.717, 1.165) is 24.9 Å². The number of amides is 2. The van der Waals surface area contributed by atoms with Gasteiger partial charge in [0.1, 0.15) is 0 Å². The minimum atomic E-state index is -0.170. The van der Waals surface area contributed by atoms with E-state index in [1.54, 1.807) is 42.6 Å². The third-order valence-corrected chi connectivity index (χ3v) is 5.01. The highest BCUT2D eigenvalue weighted by atomic mass is 16.2. The van der Waals surface area contributed by atoms with Gasteiger partial charge in [-0.3, -0.25) is 14.6 Å². The van der Waals surface area contributed by atoms with Crippen LogP contribution in [-0.4, -0.2) is 28.2 Å². The zero-order valence-corrected chi connectivity index (χ0v) is 15.4. The second kappa shape index (κ2) is 8.05. The molecule has 1 aliphatic heterocycles. The SMILES string of the molecule is O=C(Nc1ccc(C(=O)N2CCC[C@H]2c2cccnc2)cc1)c1ccccc1. The van der Waals surface area contributed by atoms with Crippen molar-refractivity contribution in [2.75, 3.05) is 11.9 Å². The molecule has 1 N–H and O–H groups in total. The second-order valence-electron chi connectivity index (χ2n) is 6.84. The molecule has 1 fully saturated rings. The summed E-state index contributed by atoms with van der Waals surface area (Å²) in [5.41, 5.74) is 2.95. The van der Waals surface area contributed by atoms with Gasteiger partial charge in [-0.15, -0.1) is 0 Å². The van der Waals surface area contributed by atoms with Gasteiger partial charge in [0.2, 0.25) is 0 Å². The van der Waals surface area contributed by atoms with Crippen LogP contribution in [-0.2, 0) is 0 Å². The van der Waals surface area contributed by atoms with E-state index >= 15 is 0 Å². The number of carbonyl (C=O) groups excluding carboxylic acids is 2. The number of pyridine rings is 1. The topological polar surface area (TPSA) is 62.3 Å². The van der Waals surface area contributed by atoms with Crippen molar-refractivity contribution in [2.24, 2.45) is 0 Å². The van der Waals surface area contributed by atoms with Crippen molar-refractivity contribution >= 4 is 17.5 Å². The summed E-state index contributed by atoms with van der Waals surface area (Å²) >= 11 is 0. The Labute approximate surface area is 164 Å². The van der Waals surface area contributed by atoms with Crippen LogP contribution in [0.4, 0.5) is 5.69 Å². The number of nitrogens with one attached hydrogen (secondary N) is 1. The number of benzene rings is 2. The van der Waals surface area contributed by atoms with Gasteiger partial charge in [0, 0.05) is 35.8 Å². The first-order valence-corrected chi connectivity index (χ1v) is 9.40. The Balaban J connectivity index is 1.46. The van der Waals surface area contributed by atoms with Crippen LogP contribution in [0.25, 0.3) is 0 Å². The summed E-state index contributed by atoms with van der Waals surface area (Å²) in [4.78, 5) is 31.3. The van der Waals surface area contributed by atoms with Crippen LogP contribution in [0.1, 0.15) is 45.2 Å². The highest BCUT2D eigenvalue weighted by Crippen LogP contribution is 2.32. The van der Waals surface area contributed by atoms with Gasteiger partial charge in [-0.25, -0.2) is 0 Å². The molecule has 1 atom stereocenters. The van der Waals surface area contributed by atoms with Crippen molar-refractivity contribution in [3.8, 4) is 0 Å². The van der Waals surface area contributed by atoms with Gasteiger partial charge < -0.3 is 10.2 Å². The van der Waals surface area contributed by atoms with Gasteiger partial charge in [0.05, 0.1) is 6.04 Å². The van der Waals surface area contributed by atoms with E-state index < -0.39 is 0 Å². The molecule has 28 heavy (non-hydrogen) atoms. The fraction of sp³-hybridized carbons (Fsp3) is 0.174. The highest BCUT2D eigenvalue weighted by molar-refractivity contribution is 6.04. The lowest BCUT2D eigenvalue weighted by Crippen LogP contribution is -2.30. The van der Waals surface area contributed by atoms with Crippen LogP contribution < -0.4 is 5.32 Å². The normalized spacial score (nSPS) is 16.0. The molecule has 0 saturated carbocycles. The Hall–Kier alpha value is -3.47. The van der Waals surface area contributed by atoms with Crippen LogP contribution >= 0.6 is 0 Å². The number of rotatable bonds is 4. The molecule has 4 rings (SSSR count). The van der Waals surface area contributed by atoms with Crippen LogP contribution in [0.5, 0.6) is 0 Å². The lowest BCUT2D eigenvalue weighted by Gasteiger charge is -2.25. The standard InChI is InChI=1S/C23H21N3O2/c27-22(17-6-2-1-3-7-17)25-20-12-10-18(11-13-20)23(28)26-15-5-9-21(26)19-8-4-14-24-16-19/h1-4,6-8,10-14,16,21H,5,9,15H2,(H,25,27)/t21-/m0/s1. The van der Waals surface area contributed by atoms with Gasteiger partial charge in [-0.2, -0.15) is 0 Å². The molecule has 0 radical (unpaired) electrons. The molecule has 0 aliphatic carbocycles. The van der Waals surface area contributed by atoms with E-state index in [9.17, 15) is 9.59 Å². The molecule has 1 saturated heterocycles. The third kappa shape index (κ3) is 3.78. The summed E-state index contributed by atoms with van der Waals surface area (Å²) in [7, 11) is 0. The molecule has 5 nitrogen and oxygen atoms in total. The molecule has 1 aliphatic rings. The molecule has 0 unspecified atom stereocenters. The summed E-state index contributed by atoms with van der Waals surface area (Å²) in [6.07, 6.45) is 5.50. The molecular weight excluding hydrogens is 350 g/mol. The smallest absolute Gasteiger partial charge is 0.255 e. The Bertz CT molecular complexity index is 956. The summed E-state index contributed by atoms with van der Waals surface area (Å²) in [6.45, 7) is 0.741. The summed E-state index contributed by atoms with van der Waals surface area (Å²) < 4.78 is 0. The van der Waals surface area contributed by atoms with Gasteiger partial charge in [-0.1, -0.05) is 24.3 Å². The average Bonchev–Trinajstić information content (AvgIpc) is 3.25. The molecular formula is C23H21N3O2. The highest BCUT2D eigenvalue weighted by Gasteiger charge is 2.30. The Morgan fingerprint density at radius 1 is 0.929 bits per heavy atom. The zero-order chi connectivity index (χ0) is 19.3. The van der Waals surface area contributed by atoms with Crippen molar-refractivity contribution in [1.29, 1.82) is 0 Å². The van der Waals surface area contributed by atoms with Crippen LogP contribution in [0.2, 0.25) is 0 Å². The van der Waals surface area contributed by atoms with Crippen molar-refractivity contribution in [2.45, 2.75) is 18.9 Å². The summed E-state index contributed by atoms with van der Waals surface area (Å²) in [5, 5.41) is 2.86. The largest absolute Gasteiger partial charge is 0.332 e. The monoisotopic (exact) mass is 371 g/mol. The van der Waals surface area contributed by atoms with E-state index in [0.29, 0.717) is 16.8 Å². The molecule has 2 heterocycles. The minimum absolute atomic E-state index is 0.00675. The molecule has 2 amide bonds. The number of aromatic nitrogens is 1. The van der Waals surface area contributed by atoms with E-state index in [4.69, 9.17) is 0 Å². The maximum Gasteiger partial charge on any atom is 0.255 e. The van der Waals surface area contributed by atoms with Crippen molar-refractivity contribution in [1.82, 2.24) is 9.88 Å². The first-order chi connectivity index (χ1) is 13.7. The number of hydrogen-bond donors (Lipinski definition) is 1. The lowest BCUT2D eigenvalue weighted by molar-refractivity contribution is 0.0735. The lowest BCUT2D eigenvalue weighted by atomic mass is 10.1. The van der Waals surface area contributed by atoms with Crippen LogP contribution in [0.3, 0.4) is 0 Å². The molecule has 3 aromatic rings. The maximum absolute atomic E-state index is 13.0. The molecule has 2 aromatic carbocycles. The number of anilines is 1. The van der Waals surface area contributed by atoms with Crippen molar-refractivity contribution < 1.29 is 9.59 Å². The molecule has 0 spiro atoms. The zero-order valence-electron chi connectivity index (χ0n) is 15.4. The second-order valence-corrected chi connectivity index (χ2v) is 6.84. The number of nitrogens with zero attached hydrogens (tertiary/aromatic N) is 2.